The van der Waals surface area contributed by atoms with Crippen molar-refractivity contribution in [3.8, 4) is 0 Å². The van der Waals surface area contributed by atoms with Crippen LogP contribution in [0, 0.1) is 0 Å². The first-order valence-corrected chi connectivity index (χ1v) is 5.93. The van der Waals surface area contributed by atoms with Crippen LogP contribution in [0.2, 0.25) is 5.02 Å². The second kappa shape index (κ2) is 6.10. The molecule has 7 heteroatoms. The summed E-state index contributed by atoms with van der Waals surface area (Å²) < 4.78 is 0. The Hall–Kier alpha value is -2.21. The number of hydrogen-bond acceptors (Lipinski definition) is 4. The van der Waals surface area contributed by atoms with E-state index < -0.39 is 0 Å². The molecular weight excluding hydrogens is 268 g/mol. The van der Waals surface area contributed by atoms with E-state index in [0.717, 1.165) is 5.56 Å². The fourth-order valence-corrected chi connectivity index (χ4v) is 1.59. The zero-order chi connectivity index (χ0) is 13.7. The van der Waals surface area contributed by atoms with Crippen LogP contribution in [0.1, 0.15) is 18.4 Å². The summed E-state index contributed by atoms with van der Waals surface area (Å²) in [4.78, 5) is 22.3. The Balaban J connectivity index is 1.80. The first kappa shape index (κ1) is 13.2. The van der Waals surface area contributed by atoms with Crippen molar-refractivity contribution in [1.82, 2.24) is 10.9 Å². The van der Waals surface area contributed by atoms with Crippen molar-refractivity contribution < 1.29 is 9.59 Å². The van der Waals surface area contributed by atoms with Crippen molar-refractivity contribution in [3.05, 3.63) is 34.9 Å². The summed E-state index contributed by atoms with van der Waals surface area (Å²) in [6, 6.07) is 7.02. The molecule has 1 aliphatic rings. The zero-order valence-corrected chi connectivity index (χ0v) is 10.6. The van der Waals surface area contributed by atoms with Gasteiger partial charge in [-0.05, 0) is 17.7 Å². The van der Waals surface area contributed by atoms with Gasteiger partial charge in [-0.25, -0.2) is 10.9 Å². The van der Waals surface area contributed by atoms with Gasteiger partial charge in [0.2, 0.25) is 11.8 Å². The molecule has 0 aliphatic carbocycles. The zero-order valence-electron chi connectivity index (χ0n) is 9.89. The smallest absolute Gasteiger partial charge is 0.245 e. The highest BCUT2D eigenvalue weighted by atomic mass is 35.5. The van der Waals surface area contributed by atoms with E-state index in [-0.39, 0.29) is 24.7 Å². The molecule has 19 heavy (non-hydrogen) atoms. The summed E-state index contributed by atoms with van der Waals surface area (Å²) in [5, 5.41) is 8.16. The number of carbonyl (C=O) groups is 2. The summed E-state index contributed by atoms with van der Waals surface area (Å²) in [5.74, 6) is -0.520. The number of hydrazone groups is 2. The first-order chi connectivity index (χ1) is 9.13. The molecule has 6 nitrogen and oxygen atoms in total. The molecule has 0 spiro atoms. The summed E-state index contributed by atoms with van der Waals surface area (Å²) in [7, 11) is 0. The van der Waals surface area contributed by atoms with E-state index in [2.05, 4.69) is 21.1 Å². The van der Waals surface area contributed by atoms with Crippen LogP contribution in [-0.4, -0.2) is 23.7 Å². The first-order valence-electron chi connectivity index (χ1n) is 5.55. The standard InChI is InChI=1S/C12H11ClN4O2/c13-9-3-1-8(2-4-9)7-14-16-11(18)5-10-6-12(19)17-15-10/h1-4,7H,5-6H2,(H,16,18)(H,17,19). The van der Waals surface area contributed by atoms with Crippen molar-refractivity contribution in [1.29, 1.82) is 0 Å². The maximum atomic E-state index is 11.5. The fraction of sp³-hybridized carbons (Fsp3) is 0.167. The Kier molecular flexibility index (Phi) is 4.25. The monoisotopic (exact) mass is 278 g/mol. The average molecular weight is 279 g/mol. The molecule has 0 saturated heterocycles. The molecule has 0 aromatic heterocycles. The number of nitrogens with zero attached hydrogens (tertiary/aromatic N) is 2. The van der Waals surface area contributed by atoms with Crippen LogP contribution in [0.25, 0.3) is 0 Å². The van der Waals surface area contributed by atoms with Gasteiger partial charge >= 0.3 is 0 Å². The van der Waals surface area contributed by atoms with E-state index in [9.17, 15) is 9.59 Å². The van der Waals surface area contributed by atoms with Crippen LogP contribution in [0.15, 0.2) is 34.5 Å². The topological polar surface area (TPSA) is 82.9 Å². The molecule has 0 bridgehead atoms. The molecule has 0 atom stereocenters. The molecule has 0 radical (unpaired) electrons. The van der Waals surface area contributed by atoms with Gasteiger partial charge in [-0.1, -0.05) is 23.7 Å². The van der Waals surface area contributed by atoms with E-state index in [1.807, 2.05) is 0 Å². The quantitative estimate of drug-likeness (QED) is 0.637. The minimum atomic E-state index is -0.319. The van der Waals surface area contributed by atoms with E-state index in [0.29, 0.717) is 10.7 Å². The molecule has 2 amide bonds. The Morgan fingerprint density at radius 3 is 2.84 bits per heavy atom. The molecule has 0 saturated carbocycles. The lowest BCUT2D eigenvalue weighted by molar-refractivity contribution is -0.119. The minimum absolute atomic E-state index is 0.0523. The highest BCUT2D eigenvalue weighted by Gasteiger charge is 2.16. The van der Waals surface area contributed by atoms with Gasteiger partial charge in [0.15, 0.2) is 0 Å². The molecule has 0 fully saturated rings. The predicted octanol–water partition coefficient (Wildman–Crippen LogP) is 1.06. The van der Waals surface area contributed by atoms with Gasteiger partial charge in [0, 0.05) is 5.02 Å². The molecule has 0 unspecified atom stereocenters. The van der Waals surface area contributed by atoms with Gasteiger partial charge in [0.05, 0.1) is 24.8 Å². The highest BCUT2D eigenvalue weighted by molar-refractivity contribution is 6.30. The van der Waals surface area contributed by atoms with Gasteiger partial charge in [-0.3, -0.25) is 9.59 Å². The van der Waals surface area contributed by atoms with Crippen molar-refractivity contribution in [3.63, 3.8) is 0 Å². The molecular formula is C12H11ClN4O2. The largest absolute Gasteiger partial charge is 0.273 e. The molecule has 1 aromatic rings. The number of amides is 2. The lowest BCUT2D eigenvalue weighted by Gasteiger charge is -1.98. The third-order valence-electron chi connectivity index (χ3n) is 2.34. The minimum Gasteiger partial charge on any atom is -0.273 e. The van der Waals surface area contributed by atoms with E-state index >= 15 is 0 Å². The summed E-state index contributed by atoms with van der Waals surface area (Å²) >= 11 is 5.74. The lowest BCUT2D eigenvalue weighted by atomic mass is 10.2. The molecule has 2 N–H and O–H groups in total. The predicted molar refractivity (Wildman–Crippen MR) is 72.0 cm³/mol. The molecule has 1 aromatic carbocycles. The van der Waals surface area contributed by atoms with E-state index in [4.69, 9.17) is 11.6 Å². The van der Waals surface area contributed by atoms with E-state index in [1.165, 1.54) is 6.21 Å². The Morgan fingerprint density at radius 2 is 2.21 bits per heavy atom. The average Bonchev–Trinajstić information content (AvgIpc) is 2.77. The van der Waals surface area contributed by atoms with Crippen LogP contribution >= 0.6 is 11.6 Å². The van der Waals surface area contributed by atoms with Crippen molar-refractivity contribution in [2.45, 2.75) is 12.8 Å². The third kappa shape index (κ3) is 4.18. The molecule has 1 aliphatic heterocycles. The second-order valence-corrected chi connectivity index (χ2v) is 4.35. The SMILES string of the molecule is O=C(CC1=NNC(=O)C1)NN=Cc1ccc(Cl)cc1. The molecule has 1 heterocycles. The van der Waals surface area contributed by atoms with Gasteiger partial charge in [-0.15, -0.1) is 0 Å². The second-order valence-electron chi connectivity index (χ2n) is 3.91. The highest BCUT2D eigenvalue weighted by Crippen LogP contribution is 2.07. The summed E-state index contributed by atoms with van der Waals surface area (Å²) in [6.45, 7) is 0. The molecule has 2 rings (SSSR count). The third-order valence-corrected chi connectivity index (χ3v) is 2.59. The van der Waals surface area contributed by atoms with Gasteiger partial charge in [0.25, 0.3) is 0 Å². The lowest BCUT2D eigenvalue weighted by Crippen LogP contribution is -2.20. The van der Waals surface area contributed by atoms with Crippen LogP contribution in [0.5, 0.6) is 0 Å². The van der Waals surface area contributed by atoms with Crippen LogP contribution in [-0.2, 0) is 9.59 Å². The van der Waals surface area contributed by atoms with Crippen molar-refractivity contribution in [2.75, 3.05) is 0 Å². The van der Waals surface area contributed by atoms with Crippen LogP contribution in [0.4, 0.5) is 0 Å². The van der Waals surface area contributed by atoms with Crippen molar-refractivity contribution in [2.24, 2.45) is 10.2 Å². The normalized spacial score (nSPS) is 14.4. The Morgan fingerprint density at radius 1 is 1.47 bits per heavy atom. The Labute approximate surface area is 114 Å². The fourth-order valence-electron chi connectivity index (χ4n) is 1.46. The van der Waals surface area contributed by atoms with E-state index in [1.54, 1.807) is 24.3 Å². The maximum Gasteiger partial charge on any atom is 0.245 e. The number of nitrogens with one attached hydrogen (secondary N) is 2. The molecule has 98 valence electrons. The number of benzene rings is 1. The van der Waals surface area contributed by atoms with Crippen molar-refractivity contribution >= 4 is 35.3 Å². The van der Waals surface area contributed by atoms with Gasteiger partial charge in [0.1, 0.15) is 0 Å². The number of halogens is 1. The number of carbonyl (C=O) groups excluding carboxylic acids is 2. The Bertz CT molecular complexity index is 551. The maximum absolute atomic E-state index is 11.5. The van der Waals surface area contributed by atoms with Gasteiger partial charge < -0.3 is 0 Å². The number of hydrogen-bond donors (Lipinski definition) is 2. The van der Waals surface area contributed by atoms with Crippen LogP contribution < -0.4 is 10.9 Å². The summed E-state index contributed by atoms with van der Waals surface area (Å²) in [6.07, 6.45) is 1.72. The number of rotatable bonds is 4. The van der Waals surface area contributed by atoms with Crippen LogP contribution in [0.3, 0.4) is 0 Å². The van der Waals surface area contributed by atoms with Gasteiger partial charge in [-0.2, -0.15) is 10.2 Å². The summed E-state index contributed by atoms with van der Waals surface area (Å²) in [5.41, 5.74) is 5.97.